The zero-order valence-corrected chi connectivity index (χ0v) is 25.6. The van der Waals surface area contributed by atoms with Gasteiger partial charge >= 0.3 is 0 Å². The Morgan fingerprint density at radius 3 is 1.54 bits per heavy atom. The summed E-state index contributed by atoms with van der Waals surface area (Å²) < 4.78 is 0. The highest BCUT2D eigenvalue weighted by molar-refractivity contribution is 5.49. The molecule has 3 N–H and O–H groups in total. The second-order valence-electron chi connectivity index (χ2n) is 14.0. The van der Waals surface area contributed by atoms with Gasteiger partial charge in [0, 0.05) is 5.41 Å². The molecule has 0 bridgehead atoms. The summed E-state index contributed by atoms with van der Waals surface area (Å²) in [4.78, 5) is 0. The summed E-state index contributed by atoms with van der Waals surface area (Å²) >= 11 is 0. The van der Waals surface area contributed by atoms with Crippen LogP contribution in [0.2, 0.25) is 0 Å². The standard InChI is InChI=1S/C38H50O3/c1-26(2)22-28-24-32(10-14-35(28)40)38(33-11-15-36(41)29(25-33)23-27(3)4)20-16-31(17-21-38)37(18-6-5-7-19-37)30-8-12-34(39)13-9-30/h8-15,24-27,31,39-41H,5-7,16-23H2,1-4H3. The zero-order chi connectivity index (χ0) is 29.2. The highest BCUT2D eigenvalue weighted by Gasteiger charge is 2.47. The van der Waals surface area contributed by atoms with Crippen LogP contribution in [-0.4, -0.2) is 15.3 Å². The van der Waals surface area contributed by atoms with Crippen molar-refractivity contribution in [2.75, 3.05) is 0 Å². The van der Waals surface area contributed by atoms with Gasteiger partial charge in [0.25, 0.3) is 0 Å². The van der Waals surface area contributed by atoms with Crippen LogP contribution in [0.15, 0.2) is 60.7 Å². The number of phenols is 3. The Labute approximate surface area is 247 Å². The molecule has 0 unspecified atom stereocenters. The summed E-state index contributed by atoms with van der Waals surface area (Å²) in [7, 11) is 0. The van der Waals surface area contributed by atoms with Crippen LogP contribution in [0.1, 0.15) is 113 Å². The quantitative estimate of drug-likeness (QED) is 0.260. The second-order valence-corrected chi connectivity index (χ2v) is 14.0. The van der Waals surface area contributed by atoms with Gasteiger partial charge < -0.3 is 15.3 Å². The zero-order valence-electron chi connectivity index (χ0n) is 25.6. The predicted molar refractivity (Wildman–Crippen MR) is 169 cm³/mol. The van der Waals surface area contributed by atoms with E-state index in [-0.39, 0.29) is 10.8 Å². The molecule has 0 amide bonds. The van der Waals surface area contributed by atoms with Crippen molar-refractivity contribution in [3.8, 4) is 17.2 Å². The SMILES string of the molecule is CC(C)Cc1cc(C2(c3ccc(O)c(CC(C)C)c3)CCC(C3(c4ccc(O)cc4)CCCCC3)CC2)ccc1O. The van der Waals surface area contributed by atoms with Gasteiger partial charge in [-0.05, 0) is 127 Å². The molecule has 3 aromatic carbocycles. The van der Waals surface area contributed by atoms with Gasteiger partial charge in [-0.1, -0.05) is 83.4 Å². The molecule has 2 aliphatic carbocycles. The lowest BCUT2D eigenvalue weighted by Crippen LogP contribution is -2.43. The lowest BCUT2D eigenvalue weighted by Gasteiger charge is -2.50. The third kappa shape index (κ3) is 6.01. The van der Waals surface area contributed by atoms with Gasteiger partial charge in [0.15, 0.2) is 0 Å². The van der Waals surface area contributed by atoms with Crippen molar-refractivity contribution in [1.82, 2.24) is 0 Å². The minimum atomic E-state index is -0.153. The van der Waals surface area contributed by atoms with E-state index >= 15 is 0 Å². The second kappa shape index (κ2) is 12.1. The van der Waals surface area contributed by atoms with Gasteiger partial charge in [0.1, 0.15) is 17.2 Å². The van der Waals surface area contributed by atoms with E-state index in [1.54, 1.807) is 0 Å². The average molecular weight is 555 g/mol. The first kappa shape index (κ1) is 29.5. The molecule has 220 valence electrons. The van der Waals surface area contributed by atoms with Crippen molar-refractivity contribution in [3.63, 3.8) is 0 Å². The summed E-state index contributed by atoms with van der Waals surface area (Å²) in [5.74, 6) is 2.66. The smallest absolute Gasteiger partial charge is 0.118 e. The molecule has 3 heteroatoms. The minimum Gasteiger partial charge on any atom is -0.508 e. The van der Waals surface area contributed by atoms with E-state index in [1.165, 1.54) is 48.8 Å². The molecule has 2 aliphatic rings. The Morgan fingerprint density at radius 2 is 1.07 bits per heavy atom. The average Bonchev–Trinajstić information content (AvgIpc) is 2.95. The molecular formula is C38H50O3. The Balaban J connectivity index is 1.56. The molecule has 2 saturated carbocycles. The first-order valence-electron chi connectivity index (χ1n) is 16.1. The number of hydrogen-bond acceptors (Lipinski definition) is 3. The molecule has 0 aromatic heterocycles. The van der Waals surface area contributed by atoms with E-state index in [4.69, 9.17) is 0 Å². The van der Waals surface area contributed by atoms with Crippen LogP contribution >= 0.6 is 0 Å². The van der Waals surface area contributed by atoms with E-state index < -0.39 is 0 Å². The molecule has 41 heavy (non-hydrogen) atoms. The van der Waals surface area contributed by atoms with Crippen molar-refractivity contribution in [2.45, 2.75) is 109 Å². The molecule has 0 saturated heterocycles. The molecule has 0 radical (unpaired) electrons. The molecule has 0 atom stereocenters. The van der Waals surface area contributed by atoms with Crippen molar-refractivity contribution in [3.05, 3.63) is 88.5 Å². The number of rotatable bonds is 8. The summed E-state index contributed by atoms with van der Waals surface area (Å²) in [6.45, 7) is 8.83. The summed E-state index contributed by atoms with van der Waals surface area (Å²) in [6, 6.07) is 20.8. The maximum absolute atomic E-state index is 10.8. The van der Waals surface area contributed by atoms with Crippen LogP contribution in [0.5, 0.6) is 17.2 Å². The van der Waals surface area contributed by atoms with E-state index in [0.29, 0.717) is 35.0 Å². The highest BCUT2D eigenvalue weighted by atomic mass is 16.3. The number of phenolic OH excluding ortho intramolecular Hbond substituents is 3. The molecule has 3 nitrogen and oxygen atoms in total. The van der Waals surface area contributed by atoms with Crippen LogP contribution < -0.4 is 0 Å². The number of benzene rings is 3. The Bertz CT molecular complexity index is 1240. The van der Waals surface area contributed by atoms with Crippen LogP contribution in [0.4, 0.5) is 0 Å². The van der Waals surface area contributed by atoms with Gasteiger partial charge in [-0.15, -0.1) is 0 Å². The topological polar surface area (TPSA) is 60.7 Å². The Morgan fingerprint density at radius 1 is 0.610 bits per heavy atom. The van der Waals surface area contributed by atoms with Gasteiger partial charge in [-0.3, -0.25) is 0 Å². The fourth-order valence-corrected chi connectivity index (χ4v) is 8.29. The molecule has 5 rings (SSSR count). The van der Waals surface area contributed by atoms with Crippen LogP contribution in [-0.2, 0) is 23.7 Å². The van der Waals surface area contributed by atoms with E-state index in [0.717, 1.165) is 49.7 Å². The number of hydrogen-bond donors (Lipinski definition) is 3. The van der Waals surface area contributed by atoms with E-state index in [1.807, 2.05) is 24.3 Å². The first-order chi connectivity index (χ1) is 19.6. The monoisotopic (exact) mass is 554 g/mol. The largest absolute Gasteiger partial charge is 0.508 e. The van der Waals surface area contributed by atoms with Crippen molar-refractivity contribution in [2.24, 2.45) is 17.8 Å². The van der Waals surface area contributed by atoms with Gasteiger partial charge in [0.05, 0.1) is 0 Å². The van der Waals surface area contributed by atoms with Crippen molar-refractivity contribution >= 4 is 0 Å². The van der Waals surface area contributed by atoms with Gasteiger partial charge in [-0.2, -0.15) is 0 Å². The van der Waals surface area contributed by atoms with Gasteiger partial charge in [-0.25, -0.2) is 0 Å². The molecule has 0 aliphatic heterocycles. The normalized spacial score (nSPS) is 19.1. The van der Waals surface area contributed by atoms with Crippen LogP contribution in [0.25, 0.3) is 0 Å². The Hall–Kier alpha value is -2.94. The molecule has 0 heterocycles. The summed E-state index contributed by atoms with van der Waals surface area (Å²) in [5.41, 5.74) is 6.09. The fourth-order valence-electron chi connectivity index (χ4n) is 8.29. The predicted octanol–water partition coefficient (Wildman–Crippen LogP) is 9.58. The lowest BCUT2D eigenvalue weighted by molar-refractivity contribution is 0.124. The maximum Gasteiger partial charge on any atom is 0.118 e. The third-order valence-corrected chi connectivity index (χ3v) is 10.3. The first-order valence-corrected chi connectivity index (χ1v) is 16.1. The van der Waals surface area contributed by atoms with E-state index in [2.05, 4.69) is 64.1 Å². The third-order valence-electron chi connectivity index (χ3n) is 10.3. The number of aromatic hydroxyl groups is 3. The lowest BCUT2D eigenvalue weighted by atomic mass is 9.54. The van der Waals surface area contributed by atoms with Crippen molar-refractivity contribution < 1.29 is 15.3 Å². The van der Waals surface area contributed by atoms with Crippen LogP contribution in [0, 0.1) is 17.8 Å². The molecule has 3 aromatic rings. The Kier molecular flexibility index (Phi) is 8.73. The maximum atomic E-state index is 10.8. The van der Waals surface area contributed by atoms with Gasteiger partial charge in [0.2, 0.25) is 0 Å². The minimum absolute atomic E-state index is 0.153. The van der Waals surface area contributed by atoms with E-state index in [9.17, 15) is 15.3 Å². The molecule has 2 fully saturated rings. The van der Waals surface area contributed by atoms with Crippen molar-refractivity contribution in [1.29, 1.82) is 0 Å². The molecule has 0 spiro atoms. The highest BCUT2D eigenvalue weighted by Crippen LogP contribution is 2.56. The fraction of sp³-hybridized carbons (Fsp3) is 0.526. The van der Waals surface area contributed by atoms with Crippen LogP contribution in [0.3, 0.4) is 0 Å². The summed E-state index contributed by atoms with van der Waals surface area (Å²) in [5, 5.41) is 31.5. The molecular weight excluding hydrogens is 504 g/mol. The summed E-state index contributed by atoms with van der Waals surface area (Å²) in [6.07, 6.45) is 12.4.